The molecule has 2 N–H and O–H groups in total. The van der Waals surface area contributed by atoms with Gasteiger partial charge in [0.2, 0.25) is 0 Å². The van der Waals surface area contributed by atoms with Gasteiger partial charge in [-0.2, -0.15) is 5.10 Å². The maximum atomic E-state index is 6.18. The van der Waals surface area contributed by atoms with Crippen molar-refractivity contribution < 1.29 is 9.47 Å². The Labute approximate surface area is 167 Å². The first-order valence-electron chi connectivity index (χ1n) is 9.90. The third kappa shape index (κ3) is 5.99. The van der Waals surface area contributed by atoms with Crippen molar-refractivity contribution in [2.24, 2.45) is 10.9 Å². The third-order valence-electron chi connectivity index (χ3n) is 4.75. The molecule has 0 aliphatic carbocycles. The van der Waals surface area contributed by atoms with Crippen LogP contribution in [-0.2, 0) is 17.8 Å². The maximum Gasteiger partial charge on any atom is 0.191 e. The first-order valence-corrected chi connectivity index (χ1v) is 9.90. The fourth-order valence-electron chi connectivity index (χ4n) is 3.17. The molecular formula is C21H31N5O2. The van der Waals surface area contributed by atoms with Gasteiger partial charge in [-0.25, -0.2) is 0 Å². The number of aromatic nitrogens is 2. The molecule has 1 aromatic carbocycles. The number of aliphatic imine (C=N–C) groups is 1. The minimum absolute atomic E-state index is 0.140. The van der Waals surface area contributed by atoms with Gasteiger partial charge in [0.05, 0.1) is 13.2 Å². The average Bonchev–Trinajstić information content (AvgIpc) is 3.37. The van der Waals surface area contributed by atoms with Gasteiger partial charge in [-0.1, -0.05) is 19.1 Å². The highest BCUT2D eigenvalue weighted by Crippen LogP contribution is 2.23. The Kier molecular flexibility index (Phi) is 7.31. The van der Waals surface area contributed by atoms with Crippen LogP contribution in [0.3, 0.4) is 0 Å². The molecule has 2 aromatic rings. The van der Waals surface area contributed by atoms with Crippen LogP contribution in [0, 0.1) is 12.8 Å². The van der Waals surface area contributed by atoms with Crippen molar-refractivity contribution in [2.45, 2.75) is 39.5 Å². The summed E-state index contributed by atoms with van der Waals surface area (Å²) in [6.45, 7) is 8.05. The van der Waals surface area contributed by atoms with Crippen molar-refractivity contribution in [3.8, 4) is 5.75 Å². The van der Waals surface area contributed by atoms with Crippen molar-refractivity contribution in [1.29, 1.82) is 0 Å². The lowest BCUT2D eigenvalue weighted by molar-refractivity contribution is 0.140. The van der Waals surface area contributed by atoms with Gasteiger partial charge in [0.15, 0.2) is 5.96 Å². The molecule has 7 heteroatoms. The van der Waals surface area contributed by atoms with Crippen LogP contribution in [0.25, 0.3) is 0 Å². The first kappa shape index (κ1) is 20.2. The van der Waals surface area contributed by atoms with Crippen LogP contribution < -0.4 is 15.4 Å². The molecule has 0 bridgehead atoms. The summed E-state index contributed by atoms with van der Waals surface area (Å²) in [6.07, 6.45) is 4.87. The summed E-state index contributed by atoms with van der Waals surface area (Å²) < 4.78 is 13.6. The molecule has 1 aliphatic rings. The molecule has 1 aliphatic heterocycles. The molecule has 2 unspecified atom stereocenters. The van der Waals surface area contributed by atoms with E-state index in [1.807, 2.05) is 16.9 Å². The highest BCUT2D eigenvalue weighted by molar-refractivity contribution is 5.79. The Morgan fingerprint density at radius 1 is 1.43 bits per heavy atom. The average molecular weight is 386 g/mol. The molecular weight excluding hydrogens is 354 g/mol. The standard InChI is InChI=1S/C21H31N5O2/c1-16-5-6-18(20(11-16)28-19-7-10-27-15-19)13-24-21(22-3)23-12-17(2)14-26-9-4-8-25-26/h4-6,8-9,11,17,19H,7,10,12-15H2,1-3H3,(H2,22,23,24). The van der Waals surface area contributed by atoms with E-state index in [2.05, 4.69) is 52.8 Å². The number of nitrogens with one attached hydrogen (secondary N) is 2. The largest absolute Gasteiger partial charge is 0.488 e. The van der Waals surface area contributed by atoms with E-state index >= 15 is 0 Å². The zero-order chi connectivity index (χ0) is 19.8. The number of hydrogen-bond acceptors (Lipinski definition) is 4. The number of rotatable bonds is 8. The van der Waals surface area contributed by atoms with Crippen LogP contribution in [0.4, 0.5) is 0 Å². The lowest BCUT2D eigenvalue weighted by Crippen LogP contribution is -2.39. The van der Waals surface area contributed by atoms with Crippen molar-refractivity contribution >= 4 is 5.96 Å². The quantitative estimate of drug-likeness (QED) is 0.539. The molecule has 2 atom stereocenters. The van der Waals surface area contributed by atoms with Gasteiger partial charge in [0.1, 0.15) is 11.9 Å². The monoisotopic (exact) mass is 385 g/mol. The molecule has 0 radical (unpaired) electrons. The van der Waals surface area contributed by atoms with Crippen molar-refractivity contribution in [1.82, 2.24) is 20.4 Å². The van der Waals surface area contributed by atoms with Crippen LogP contribution in [0.2, 0.25) is 0 Å². The Morgan fingerprint density at radius 2 is 2.32 bits per heavy atom. The van der Waals surface area contributed by atoms with Gasteiger partial charge < -0.3 is 20.1 Å². The smallest absolute Gasteiger partial charge is 0.191 e. The van der Waals surface area contributed by atoms with E-state index in [1.54, 1.807) is 13.2 Å². The number of ether oxygens (including phenoxy) is 2. The summed E-state index contributed by atoms with van der Waals surface area (Å²) >= 11 is 0. The van der Waals surface area contributed by atoms with E-state index in [4.69, 9.17) is 9.47 Å². The fourth-order valence-corrected chi connectivity index (χ4v) is 3.17. The van der Waals surface area contributed by atoms with Gasteiger partial charge >= 0.3 is 0 Å². The summed E-state index contributed by atoms with van der Waals surface area (Å²) in [6, 6.07) is 8.26. The van der Waals surface area contributed by atoms with Gasteiger partial charge in [-0.3, -0.25) is 9.67 Å². The molecule has 0 saturated carbocycles. The highest BCUT2D eigenvalue weighted by Gasteiger charge is 2.18. The molecule has 152 valence electrons. The SMILES string of the molecule is CN=C(NCc1ccc(C)cc1OC1CCOC1)NCC(C)Cn1cccn1. The highest BCUT2D eigenvalue weighted by atomic mass is 16.5. The van der Waals surface area contributed by atoms with Gasteiger partial charge in [0.25, 0.3) is 0 Å². The molecule has 2 heterocycles. The van der Waals surface area contributed by atoms with E-state index in [1.165, 1.54) is 5.56 Å². The second-order valence-corrected chi connectivity index (χ2v) is 7.35. The summed E-state index contributed by atoms with van der Waals surface area (Å²) in [4.78, 5) is 4.33. The van der Waals surface area contributed by atoms with Crippen molar-refractivity contribution in [2.75, 3.05) is 26.8 Å². The lowest BCUT2D eigenvalue weighted by atomic mass is 10.1. The summed E-state index contributed by atoms with van der Waals surface area (Å²) in [5, 5.41) is 11.0. The lowest BCUT2D eigenvalue weighted by Gasteiger charge is -2.19. The molecule has 0 amide bonds. The van der Waals surface area contributed by atoms with Gasteiger partial charge in [-0.05, 0) is 30.5 Å². The number of nitrogens with zero attached hydrogens (tertiary/aromatic N) is 3. The first-order chi connectivity index (χ1) is 13.6. The van der Waals surface area contributed by atoms with Gasteiger partial charge in [0, 0.05) is 51.1 Å². The summed E-state index contributed by atoms with van der Waals surface area (Å²) in [7, 11) is 1.79. The van der Waals surface area contributed by atoms with Gasteiger partial charge in [-0.15, -0.1) is 0 Å². The molecule has 7 nitrogen and oxygen atoms in total. The minimum atomic E-state index is 0.140. The second-order valence-electron chi connectivity index (χ2n) is 7.35. The van der Waals surface area contributed by atoms with Crippen LogP contribution >= 0.6 is 0 Å². The van der Waals surface area contributed by atoms with Crippen molar-refractivity contribution in [3.63, 3.8) is 0 Å². The molecule has 1 fully saturated rings. The zero-order valence-corrected chi connectivity index (χ0v) is 17.0. The summed E-state index contributed by atoms with van der Waals surface area (Å²) in [5.41, 5.74) is 2.30. The van der Waals surface area contributed by atoms with Crippen LogP contribution in [0.5, 0.6) is 5.75 Å². The van der Waals surface area contributed by atoms with E-state index in [0.717, 1.165) is 43.4 Å². The molecule has 3 rings (SSSR count). The van der Waals surface area contributed by atoms with Crippen LogP contribution in [0.15, 0.2) is 41.7 Å². The maximum absolute atomic E-state index is 6.18. The third-order valence-corrected chi connectivity index (χ3v) is 4.75. The van der Waals surface area contributed by atoms with Crippen LogP contribution in [-0.4, -0.2) is 48.7 Å². The van der Waals surface area contributed by atoms with E-state index in [0.29, 0.717) is 19.1 Å². The topological polar surface area (TPSA) is 72.7 Å². The van der Waals surface area contributed by atoms with Crippen LogP contribution in [0.1, 0.15) is 24.5 Å². The minimum Gasteiger partial charge on any atom is -0.488 e. The number of aryl methyl sites for hydroxylation is 1. The second kappa shape index (κ2) is 10.1. The van der Waals surface area contributed by atoms with E-state index in [-0.39, 0.29) is 6.10 Å². The van der Waals surface area contributed by atoms with Crippen molar-refractivity contribution in [3.05, 3.63) is 47.8 Å². The van der Waals surface area contributed by atoms with E-state index < -0.39 is 0 Å². The summed E-state index contributed by atoms with van der Waals surface area (Å²) in [5.74, 6) is 2.13. The normalized spacial score (nSPS) is 18.1. The Bertz CT molecular complexity index is 754. The Morgan fingerprint density at radius 3 is 3.04 bits per heavy atom. The fraction of sp³-hybridized carbons (Fsp3) is 0.524. The number of hydrogen-bond donors (Lipinski definition) is 2. The number of guanidine groups is 1. The Hall–Kier alpha value is -2.54. The Balaban J connectivity index is 1.51. The zero-order valence-electron chi connectivity index (χ0n) is 17.0. The molecule has 28 heavy (non-hydrogen) atoms. The number of benzene rings is 1. The molecule has 0 spiro atoms. The predicted molar refractivity (Wildman–Crippen MR) is 111 cm³/mol. The predicted octanol–water partition coefficient (Wildman–Crippen LogP) is 2.36. The molecule has 1 saturated heterocycles. The molecule has 1 aromatic heterocycles. The van der Waals surface area contributed by atoms with E-state index in [9.17, 15) is 0 Å².